The summed E-state index contributed by atoms with van der Waals surface area (Å²) in [6, 6.07) is 0.671. The van der Waals surface area contributed by atoms with E-state index < -0.39 is 0 Å². The number of nitrogens with two attached hydrogens (primary N) is 1. The van der Waals surface area contributed by atoms with Crippen molar-refractivity contribution < 1.29 is 0 Å². The second-order valence-electron chi connectivity index (χ2n) is 5.21. The van der Waals surface area contributed by atoms with Gasteiger partial charge in [-0.2, -0.15) is 0 Å². The second kappa shape index (κ2) is 4.63. The molecule has 0 aromatic carbocycles. The van der Waals surface area contributed by atoms with Gasteiger partial charge in [-0.1, -0.05) is 13.3 Å². The van der Waals surface area contributed by atoms with Crippen LogP contribution in [0.3, 0.4) is 0 Å². The summed E-state index contributed by atoms with van der Waals surface area (Å²) in [5.41, 5.74) is 5.88. The summed E-state index contributed by atoms with van der Waals surface area (Å²) in [5, 5.41) is 0. The van der Waals surface area contributed by atoms with Gasteiger partial charge in [0.05, 0.1) is 0 Å². The average Bonchev–Trinajstić information content (AvgIpc) is 2.11. The van der Waals surface area contributed by atoms with Crippen molar-refractivity contribution in [1.82, 2.24) is 4.90 Å². The summed E-state index contributed by atoms with van der Waals surface area (Å²) in [6.07, 6.45) is 7.14. The Morgan fingerprint density at radius 1 is 1.21 bits per heavy atom. The van der Waals surface area contributed by atoms with Gasteiger partial charge in [-0.15, -0.1) is 0 Å². The van der Waals surface area contributed by atoms with Crippen LogP contribution in [-0.4, -0.2) is 30.6 Å². The maximum absolute atomic E-state index is 5.88. The molecule has 0 spiro atoms. The fourth-order valence-corrected chi connectivity index (χ4v) is 2.95. The van der Waals surface area contributed by atoms with E-state index >= 15 is 0 Å². The third-order valence-electron chi connectivity index (χ3n) is 4.19. The lowest BCUT2D eigenvalue weighted by molar-refractivity contribution is 0.0715. The lowest BCUT2D eigenvalue weighted by Crippen LogP contribution is -2.50. The van der Waals surface area contributed by atoms with Crippen molar-refractivity contribution >= 4 is 0 Å². The monoisotopic (exact) mass is 196 g/mol. The van der Waals surface area contributed by atoms with Crippen LogP contribution in [0.5, 0.6) is 0 Å². The topological polar surface area (TPSA) is 29.3 Å². The second-order valence-corrected chi connectivity index (χ2v) is 5.21. The zero-order valence-corrected chi connectivity index (χ0v) is 9.41. The van der Waals surface area contributed by atoms with E-state index in [1.807, 2.05) is 0 Å². The standard InChI is InChI=1S/C12H24N2/c1-10-4-3-7-14(12(10)8-13)9-11-5-2-6-11/h10-12H,2-9,13H2,1H3. The van der Waals surface area contributed by atoms with Gasteiger partial charge < -0.3 is 5.73 Å². The zero-order valence-electron chi connectivity index (χ0n) is 9.41. The number of hydrogen-bond donors (Lipinski definition) is 1. The van der Waals surface area contributed by atoms with Gasteiger partial charge in [0, 0.05) is 19.1 Å². The molecule has 82 valence electrons. The van der Waals surface area contributed by atoms with E-state index in [0.717, 1.165) is 18.4 Å². The molecule has 1 aliphatic carbocycles. The Morgan fingerprint density at radius 3 is 2.57 bits per heavy atom. The molecular weight excluding hydrogens is 172 g/mol. The van der Waals surface area contributed by atoms with E-state index in [1.165, 1.54) is 45.2 Å². The summed E-state index contributed by atoms with van der Waals surface area (Å²) in [4.78, 5) is 2.66. The summed E-state index contributed by atoms with van der Waals surface area (Å²) in [7, 11) is 0. The number of hydrogen-bond acceptors (Lipinski definition) is 2. The van der Waals surface area contributed by atoms with Crippen LogP contribution in [0, 0.1) is 11.8 Å². The Kier molecular flexibility index (Phi) is 3.45. The number of nitrogens with zero attached hydrogens (tertiary/aromatic N) is 1. The van der Waals surface area contributed by atoms with Crippen molar-refractivity contribution in [3.05, 3.63) is 0 Å². The maximum atomic E-state index is 5.88. The van der Waals surface area contributed by atoms with Crippen molar-refractivity contribution in [2.75, 3.05) is 19.6 Å². The molecule has 2 unspecified atom stereocenters. The van der Waals surface area contributed by atoms with Gasteiger partial charge in [-0.05, 0) is 44.1 Å². The fourth-order valence-electron chi connectivity index (χ4n) is 2.95. The van der Waals surface area contributed by atoms with Gasteiger partial charge in [0.25, 0.3) is 0 Å². The first-order chi connectivity index (χ1) is 6.81. The SMILES string of the molecule is CC1CCCN(CC2CCC2)C1CN. The van der Waals surface area contributed by atoms with Crippen LogP contribution in [0.15, 0.2) is 0 Å². The first-order valence-electron chi connectivity index (χ1n) is 6.25. The lowest BCUT2D eigenvalue weighted by Gasteiger charge is -2.42. The molecule has 2 N–H and O–H groups in total. The van der Waals surface area contributed by atoms with Crippen molar-refractivity contribution in [2.24, 2.45) is 17.6 Å². The lowest BCUT2D eigenvalue weighted by atomic mass is 9.83. The van der Waals surface area contributed by atoms with Crippen LogP contribution in [0.1, 0.15) is 39.0 Å². The quantitative estimate of drug-likeness (QED) is 0.746. The highest BCUT2D eigenvalue weighted by atomic mass is 15.2. The predicted octanol–water partition coefficient (Wildman–Crippen LogP) is 1.85. The Morgan fingerprint density at radius 2 is 2.00 bits per heavy atom. The minimum absolute atomic E-state index is 0.671. The van der Waals surface area contributed by atoms with Crippen LogP contribution < -0.4 is 5.73 Å². The average molecular weight is 196 g/mol. The van der Waals surface area contributed by atoms with Gasteiger partial charge in [0.15, 0.2) is 0 Å². The summed E-state index contributed by atoms with van der Waals surface area (Å²) in [6.45, 7) is 5.84. The third kappa shape index (κ3) is 2.12. The summed E-state index contributed by atoms with van der Waals surface area (Å²) < 4.78 is 0. The van der Waals surface area contributed by atoms with Gasteiger partial charge in [0.1, 0.15) is 0 Å². The van der Waals surface area contributed by atoms with E-state index in [9.17, 15) is 0 Å². The third-order valence-corrected chi connectivity index (χ3v) is 4.19. The molecule has 14 heavy (non-hydrogen) atoms. The molecule has 0 radical (unpaired) electrons. The summed E-state index contributed by atoms with van der Waals surface area (Å²) >= 11 is 0. The predicted molar refractivity (Wildman–Crippen MR) is 60.2 cm³/mol. The van der Waals surface area contributed by atoms with E-state index in [-0.39, 0.29) is 0 Å². The molecule has 0 amide bonds. The molecule has 2 atom stereocenters. The molecule has 2 heteroatoms. The zero-order chi connectivity index (χ0) is 9.97. The Hall–Kier alpha value is -0.0800. The van der Waals surface area contributed by atoms with Gasteiger partial charge >= 0.3 is 0 Å². The molecule has 2 fully saturated rings. The molecule has 1 saturated heterocycles. The van der Waals surface area contributed by atoms with Crippen LogP contribution >= 0.6 is 0 Å². The van der Waals surface area contributed by atoms with Crippen LogP contribution in [-0.2, 0) is 0 Å². The molecule has 0 aromatic heterocycles. The van der Waals surface area contributed by atoms with Gasteiger partial charge in [-0.25, -0.2) is 0 Å². The van der Waals surface area contributed by atoms with Crippen LogP contribution in [0.2, 0.25) is 0 Å². The first kappa shape index (κ1) is 10.4. The minimum Gasteiger partial charge on any atom is -0.329 e. The Bertz CT molecular complexity index is 177. The number of piperidine rings is 1. The fraction of sp³-hybridized carbons (Fsp3) is 1.00. The van der Waals surface area contributed by atoms with Gasteiger partial charge in [0.2, 0.25) is 0 Å². The normalized spacial score (nSPS) is 35.6. The highest BCUT2D eigenvalue weighted by molar-refractivity contribution is 4.85. The first-order valence-corrected chi connectivity index (χ1v) is 6.25. The summed E-state index contributed by atoms with van der Waals surface area (Å²) in [5.74, 6) is 1.81. The molecule has 2 rings (SSSR count). The molecular formula is C12H24N2. The largest absolute Gasteiger partial charge is 0.329 e. The maximum Gasteiger partial charge on any atom is 0.0244 e. The van der Waals surface area contributed by atoms with Crippen molar-refractivity contribution in [3.63, 3.8) is 0 Å². The molecule has 1 heterocycles. The Balaban J connectivity index is 1.86. The van der Waals surface area contributed by atoms with Crippen molar-refractivity contribution in [1.29, 1.82) is 0 Å². The van der Waals surface area contributed by atoms with E-state index in [4.69, 9.17) is 5.73 Å². The smallest absolute Gasteiger partial charge is 0.0244 e. The molecule has 1 aliphatic heterocycles. The van der Waals surface area contributed by atoms with Crippen molar-refractivity contribution in [2.45, 2.75) is 45.1 Å². The molecule has 0 aromatic rings. The van der Waals surface area contributed by atoms with Gasteiger partial charge in [-0.3, -0.25) is 4.90 Å². The van der Waals surface area contributed by atoms with E-state index in [1.54, 1.807) is 0 Å². The van der Waals surface area contributed by atoms with Crippen molar-refractivity contribution in [3.8, 4) is 0 Å². The minimum atomic E-state index is 0.671. The van der Waals surface area contributed by atoms with Crippen LogP contribution in [0.25, 0.3) is 0 Å². The molecule has 1 saturated carbocycles. The molecule has 2 nitrogen and oxygen atoms in total. The van der Waals surface area contributed by atoms with E-state index in [0.29, 0.717) is 6.04 Å². The highest BCUT2D eigenvalue weighted by Crippen LogP contribution is 2.30. The highest BCUT2D eigenvalue weighted by Gasteiger charge is 2.30. The number of rotatable bonds is 3. The Labute approximate surface area is 87.8 Å². The van der Waals surface area contributed by atoms with Crippen LogP contribution in [0.4, 0.5) is 0 Å². The molecule has 2 aliphatic rings. The van der Waals surface area contributed by atoms with E-state index in [2.05, 4.69) is 11.8 Å². The number of likely N-dealkylation sites (tertiary alicyclic amines) is 1. The molecule has 0 bridgehead atoms.